The van der Waals surface area contributed by atoms with Crippen molar-refractivity contribution in [3.05, 3.63) is 23.8 Å². The Kier molecular flexibility index (Phi) is 12.5. The highest BCUT2D eigenvalue weighted by molar-refractivity contribution is 14.0. The quantitative estimate of drug-likeness (QED) is 0.272. The Bertz CT molecular complexity index is 710. The number of methoxy groups -OCH3 is 1. The molecule has 1 aliphatic rings. The molecule has 0 radical (unpaired) electrons. The van der Waals surface area contributed by atoms with E-state index in [2.05, 4.69) is 20.4 Å². The highest BCUT2D eigenvalue weighted by Gasteiger charge is 2.26. The number of guanidine groups is 1. The smallest absolute Gasteiger partial charge is 0.387 e. The van der Waals surface area contributed by atoms with Crippen LogP contribution in [-0.4, -0.2) is 47.5 Å². The van der Waals surface area contributed by atoms with E-state index in [0.717, 1.165) is 31.2 Å². The Labute approximate surface area is 197 Å². The van der Waals surface area contributed by atoms with Crippen molar-refractivity contribution in [2.45, 2.75) is 64.0 Å². The van der Waals surface area contributed by atoms with E-state index < -0.39 is 17.4 Å². The van der Waals surface area contributed by atoms with Crippen molar-refractivity contribution in [3.8, 4) is 11.5 Å². The molecule has 1 aromatic rings. The van der Waals surface area contributed by atoms with E-state index in [1.165, 1.54) is 13.2 Å². The fourth-order valence-electron chi connectivity index (χ4n) is 3.44. The van der Waals surface area contributed by atoms with Gasteiger partial charge in [-0.15, -0.1) is 24.0 Å². The van der Waals surface area contributed by atoms with Gasteiger partial charge in [-0.2, -0.15) is 8.78 Å². The lowest BCUT2D eigenvalue weighted by Gasteiger charge is -2.30. The molecule has 30 heavy (non-hydrogen) atoms. The van der Waals surface area contributed by atoms with Crippen LogP contribution in [0.2, 0.25) is 0 Å². The highest BCUT2D eigenvalue weighted by Crippen LogP contribution is 2.29. The molecule has 6 nitrogen and oxygen atoms in total. The van der Waals surface area contributed by atoms with Gasteiger partial charge in [0.2, 0.25) is 0 Å². The van der Waals surface area contributed by atoms with Gasteiger partial charge in [0.15, 0.2) is 17.5 Å². The van der Waals surface area contributed by atoms with Crippen LogP contribution in [-0.2, 0) is 17.3 Å². The Hall–Kier alpha value is -1.17. The lowest BCUT2D eigenvalue weighted by molar-refractivity contribution is -0.0512. The molecule has 3 atom stereocenters. The van der Waals surface area contributed by atoms with Crippen molar-refractivity contribution in [2.24, 2.45) is 4.99 Å². The van der Waals surface area contributed by atoms with Crippen molar-refractivity contribution in [1.29, 1.82) is 0 Å². The number of aliphatic imine (C=N–C) groups is 1. The number of hydrogen-bond donors (Lipinski definition) is 2. The van der Waals surface area contributed by atoms with Gasteiger partial charge < -0.3 is 20.1 Å². The van der Waals surface area contributed by atoms with Crippen LogP contribution in [0.5, 0.6) is 11.5 Å². The van der Waals surface area contributed by atoms with Gasteiger partial charge in [0.05, 0.1) is 13.7 Å². The summed E-state index contributed by atoms with van der Waals surface area (Å²) >= 11 is 0. The van der Waals surface area contributed by atoms with Crippen molar-refractivity contribution < 1.29 is 22.5 Å². The summed E-state index contributed by atoms with van der Waals surface area (Å²) in [5.74, 6) is 1.59. The third-order valence-electron chi connectivity index (χ3n) is 4.83. The molecule has 0 heterocycles. The molecule has 0 aromatic heterocycles. The molecule has 2 rings (SSSR count). The van der Waals surface area contributed by atoms with Gasteiger partial charge in [-0.1, -0.05) is 19.4 Å². The number of alkyl halides is 2. The standard InChI is InChI=1S/C20H31F2N3O3S.HI/c1-4-23-20(25-15-7-6-8-16(12-15)29(26)5-2)24-13-14-9-10-17(27-3)18(11-14)28-19(21)22;/h9-11,15-16,19H,4-8,12-13H2,1-3H3,(H2,23,24,25);1H. The van der Waals surface area contributed by atoms with E-state index in [1.807, 2.05) is 13.8 Å². The number of benzene rings is 1. The molecule has 1 aliphatic carbocycles. The highest BCUT2D eigenvalue weighted by atomic mass is 127. The maximum atomic E-state index is 12.6. The summed E-state index contributed by atoms with van der Waals surface area (Å²) in [4.78, 5) is 4.58. The fraction of sp³-hybridized carbons (Fsp3) is 0.650. The first-order valence-electron chi connectivity index (χ1n) is 10.0. The number of nitrogens with zero attached hydrogens (tertiary/aromatic N) is 1. The topological polar surface area (TPSA) is 72.0 Å². The van der Waals surface area contributed by atoms with Crippen LogP contribution < -0.4 is 20.1 Å². The zero-order valence-electron chi connectivity index (χ0n) is 17.7. The van der Waals surface area contributed by atoms with Gasteiger partial charge in [0.25, 0.3) is 0 Å². The molecule has 1 saturated carbocycles. The average molecular weight is 559 g/mol. The molecule has 0 amide bonds. The summed E-state index contributed by atoms with van der Waals surface area (Å²) in [6.45, 7) is 2.02. The maximum absolute atomic E-state index is 12.6. The largest absolute Gasteiger partial charge is 0.493 e. The molecule has 172 valence electrons. The van der Waals surface area contributed by atoms with E-state index in [1.54, 1.807) is 12.1 Å². The van der Waals surface area contributed by atoms with E-state index in [0.29, 0.717) is 24.8 Å². The van der Waals surface area contributed by atoms with Crippen LogP contribution in [0.25, 0.3) is 0 Å². The van der Waals surface area contributed by atoms with E-state index >= 15 is 0 Å². The van der Waals surface area contributed by atoms with Crippen LogP contribution >= 0.6 is 24.0 Å². The Balaban J connectivity index is 0.00000450. The van der Waals surface area contributed by atoms with E-state index in [4.69, 9.17) is 4.74 Å². The van der Waals surface area contributed by atoms with E-state index in [-0.39, 0.29) is 46.8 Å². The molecule has 0 saturated heterocycles. The summed E-state index contributed by atoms with van der Waals surface area (Å²) < 4.78 is 47.0. The van der Waals surface area contributed by atoms with E-state index in [9.17, 15) is 13.0 Å². The van der Waals surface area contributed by atoms with Crippen LogP contribution in [0.1, 0.15) is 45.1 Å². The summed E-state index contributed by atoms with van der Waals surface area (Å²) in [7, 11) is 0.620. The summed E-state index contributed by atoms with van der Waals surface area (Å²) in [6.07, 6.45) is 3.92. The lowest BCUT2D eigenvalue weighted by Crippen LogP contribution is -2.46. The fourth-order valence-corrected chi connectivity index (χ4v) is 4.79. The molecule has 10 heteroatoms. The molecule has 2 N–H and O–H groups in total. The van der Waals surface area contributed by atoms with Crippen molar-refractivity contribution in [3.63, 3.8) is 0 Å². The van der Waals surface area contributed by atoms with Gasteiger partial charge in [0, 0.05) is 34.4 Å². The van der Waals surface area contributed by atoms with Crippen LogP contribution in [0.15, 0.2) is 23.2 Å². The number of ether oxygens (including phenoxy) is 2. The Morgan fingerprint density at radius 1 is 1.30 bits per heavy atom. The third kappa shape index (κ3) is 8.52. The number of halogens is 3. The van der Waals surface area contributed by atoms with Gasteiger partial charge in [-0.25, -0.2) is 4.99 Å². The summed E-state index contributed by atoms with van der Waals surface area (Å²) in [5, 5.41) is 6.88. The van der Waals surface area contributed by atoms with Crippen LogP contribution in [0.3, 0.4) is 0 Å². The Morgan fingerprint density at radius 3 is 2.70 bits per heavy atom. The maximum Gasteiger partial charge on any atom is 0.387 e. The minimum atomic E-state index is -2.92. The normalized spacial score (nSPS) is 20.3. The third-order valence-corrected chi connectivity index (χ3v) is 6.57. The predicted octanol–water partition coefficient (Wildman–Crippen LogP) is 4.05. The summed E-state index contributed by atoms with van der Waals surface area (Å²) in [6, 6.07) is 5.09. The zero-order valence-corrected chi connectivity index (χ0v) is 20.8. The predicted molar refractivity (Wildman–Crippen MR) is 128 cm³/mol. The minimum Gasteiger partial charge on any atom is -0.493 e. The van der Waals surface area contributed by atoms with Gasteiger partial charge in [-0.3, -0.25) is 4.21 Å². The Morgan fingerprint density at radius 2 is 2.07 bits per heavy atom. The SMILES string of the molecule is CCNC(=NCc1ccc(OC)c(OC(F)F)c1)NC1CCCC(S(=O)CC)C1.I. The average Bonchev–Trinajstić information content (AvgIpc) is 2.71. The molecule has 1 fully saturated rings. The van der Waals surface area contributed by atoms with Crippen LogP contribution in [0, 0.1) is 0 Å². The second-order valence-electron chi connectivity index (χ2n) is 6.86. The molecule has 0 bridgehead atoms. The lowest BCUT2D eigenvalue weighted by atomic mass is 9.95. The van der Waals surface area contributed by atoms with Crippen LogP contribution in [0.4, 0.5) is 8.78 Å². The number of hydrogen-bond acceptors (Lipinski definition) is 4. The molecular formula is C20H32F2IN3O3S. The first-order chi connectivity index (χ1) is 14.0. The molecule has 1 aromatic carbocycles. The van der Waals surface area contributed by atoms with Crippen molar-refractivity contribution in [1.82, 2.24) is 10.6 Å². The van der Waals surface area contributed by atoms with Gasteiger partial charge >= 0.3 is 6.61 Å². The number of nitrogens with one attached hydrogen (secondary N) is 2. The molecule has 0 spiro atoms. The monoisotopic (exact) mass is 559 g/mol. The first kappa shape index (κ1) is 26.9. The summed E-state index contributed by atoms with van der Waals surface area (Å²) in [5.41, 5.74) is 0.729. The minimum absolute atomic E-state index is 0. The number of rotatable bonds is 9. The molecule has 3 unspecified atom stereocenters. The van der Waals surface area contributed by atoms with Gasteiger partial charge in [0.1, 0.15) is 0 Å². The van der Waals surface area contributed by atoms with Crippen molar-refractivity contribution in [2.75, 3.05) is 19.4 Å². The molecular weight excluding hydrogens is 527 g/mol. The second-order valence-corrected chi connectivity index (χ2v) is 8.86. The second kappa shape index (κ2) is 14.0. The zero-order chi connectivity index (χ0) is 21.2. The van der Waals surface area contributed by atoms with Crippen molar-refractivity contribution >= 4 is 40.7 Å². The van der Waals surface area contributed by atoms with Gasteiger partial charge in [-0.05, 0) is 43.9 Å². The molecule has 0 aliphatic heterocycles. The first-order valence-corrected chi connectivity index (χ1v) is 11.4.